The van der Waals surface area contributed by atoms with Gasteiger partial charge in [0.1, 0.15) is 5.76 Å². The highest BCUT2D eigenvalue weighted by Gasteiger charge is 2.05. The number of hydrogen-bond donors (Lipinski definition) is 0. The fraction of sp³-hybridized carbons (Fsp3) is 0.182. The minimum Gasteiger partial charge on any atom is -0.441 e. The summed E-state index contributed by atoms with van der Waals surface area (Å²) in [6.45, 7) is 3.99. The smallest absolute Gasteiger partial charge is 0.226 e. The number of benzene rings is 1. The van der Waals surface area contributed by atoms with Gasteiger partial charge < -0.3 is 4.42 Å². The van der Waals surface area contributed by atoms with Gasteiger partial charge in [0.15, 0.2) is 0 Å². The molecule has 1 aromatic carbocycles. The first-order chi connectivity index (χ1) is 6.66. The molecule has 0 bridgehead atoms. The number of nitrogens with zero attached hydrogens (tertiary/aromatic N) is 1. The van der Waals surface area contributed by atoms with Crippen LogP contribution < -0.4 is 0 Å². The van der Waals surface area contributed by atoms with E-state index in [2.05, 4.69) is 46.6 Å². The number of hydrogen-bond acceptors (Lipinski definition) is 2. The summed E-state index contributed by atoms with van der Waals surface area (Å²) in [5.41, 5.74) is 2.31. The lowest BCUT2D eigenvalue weighted by Gasteiger charge is -1.99. The first kappa shape index (κ1) is 9.71. The molecule has 1 aromatic heterocycles. The molecule has 0 aliphatic rings. The highest BCUT2D eigenvalue weighted by Crippen LogP contribution is 2.22. The minimum atomic E-state index is 0.695. The summed E-state index contributed by atoms with van der Waals surface area (Å²) >= 11 is 2.31. The molecule has 0 unspecified atom stereocenters. The van der Waals surface area contributed by atoms with Crippen molar-refractivity contribution in [2.24, 2.45) is 0 Å². The van der Waals surface area contributed by atoms with E-state index in [1.165, 1.54) is 9.13 Å². The SMILES string of the molecule is Cc1cnc(-c2ccc(C)c(I)c2)o1. The highest BCUT2D eigenvalue weighted by atomic mass is 127. The van der Waals surface area contributed by atoms with E-state index in [9.17, 15) is 0 Å². The number of aromatic nitrogens is 1. The molecular formula is C11H10INO. The summed E-state index contributed by atoms with van der Waals surface area (Å²) in [6, 6.07) is 6.20. The average Bonchev–Trinajstić information content (AvgIpc) is 2.57. The van der Waals surface area contributed by atoms with E-state index in [4.69, 9.17) is 4.42 Å². The molecular weight excluding hydrogens is 289 g/mol. The monoisotopic (exact) mass is 299 g/mol. The van der Waals surface area contributed by atoms with Gasteiger partial charge in [-0.2, -0.15) is 0 Å². The normalized spacial score (nSPS) is 10.5. The topological polar surface area (TPSA) is 26.0 Å². The van der Waals surface area contributed by atoms with Crippen LogP contribution in [0.25, 0.3) is 11.5 Å². The molecule has 0 spiro atoms. The quantitative estimate of drug-likeness (QED) is 0.752. The Bertz CT molecular complexity index is 462. The molecule has 72 valence electrons. The molecule has 2 nitrogen and oxygen atoms in total. The number of halogens is 1. The number of rotatable bonds is 1. The van der Waals surface area contributed by atoms with Crippen LogP contribution in [0.1, 0.15) is 11.3 Å². The van der Waals surface area contributed by atoms with Crippen molar-refractivity contribution in [1.82, 2.24) is 4.98 Å². The Kier molecular flexibility index (Phi) is 2.58. The van der Waals surface area contributed by atoms with E-state index in [1.807, 2.05) is 13.0 Å². The van der Waals surface area contributed by atoms with Crippen LogP contribution >= 0.6 is 22.6 Å². The van der Waals surface area contributed by atoms with Crippen LogP contribution in [0.5, 0.6) is 0 Å². The fourth-order valence-electron chi connectivity index (χ4n) is 1.21. The summed E-state index contributed by atoms with van der Waals surface area (Å²) in [4.78, 5) is 4.19. The van der Waals surface area contributed by atoms with Crippen LogP contribution in [0, 0.1) is 17.4 Å². The van der Waals surface area contributed by atoms with Crippen molar-refractivity contribution < 1.29 is 4.42 Å². The predicted octanol–water partition coefficient (Wildman–Crippen LogP) is 3.56. The molecule has 0 aliphatic heterocycles. The van der Waals surface area contributed by atoms with Gasteiger partial charge in [-0.15, -0.1) is 0 Å². The van der Waals surface area contributed by atoms with Crippen molar-refractivity contribution in [2.75, 3.05) is 0 Å². The van der Waals surface area contributed by atoms with Gasteiger partial charge in [0.05, 0.1) is 6.20 Å². The lowest BCUT2D eigenvalue weighted by Crippen LogP contribution is -1.82. The second-order valence-electron chi connectivity index (χ2n) is 3.24. The Balaban J connectivity index is 2.47. The van der Waals surface area contributed by atoms with Crippen molar-refractivity contribution in [3.8, 4) is 11.5 Å². The molecule has 3 heteroatoms. The predicted molar refractivity (Wildman–Crippen MR) is 64.1 cm³/mol. The summed E-state index contributed by atoms with van der Waals surface area (Å²) in [6.07, 6.45) is 1.74. The van der Waals surface area contributed by atoms with E-state index in [0.29, 0.717) is 5.89 Å². The molecule has 1 heterocycles. The standard InChI is InChI=1S/C11H10INO/c1-7-3-4-9(5-10(7)12)11-13-6-8(2)14-11/h3-6H,1-2H3. The largest absolute Gasteiger partial charge is 0.441 e. The first-order valence-corrected chi connectivity index (χ1v) is 5.43. The Morgan fingerprint density at radius 1 is 1.29 bits per heavy atom. The van der Waals surface area contributed by atoms with Crippen LogP contribution in [-0.2, 0) is 0 Å². The van der Waals surface area contributed by atoms with Crippen LogP contribution in [0.15, 0.2) is 28.8 Å². The van der Waals surface area contributed by atoms with Gasteiger partial charge in [-0.25, -0.2) is 4.98 Å². The van der Waals surface area contributed by atoms with E-state index in [1.54, 1.807) is 6.20 Å². The minimum absolute atomic E-state index is 0.695. The zero-order valence-electron chi connectivity index (χ0n) is 8.04. The zero-order chi connectivity index (χ0) is 10.1. The van der Waals surface area contributed by atoms with Gasteiger partial charge in [0.25, 0.3) is 0 Å². The van der Waals surface area contributed by atoms with Gasteiger partial charge in [-0.1, -0.05) is 6.07 Å². The number of oxazole rings is 1. The van der Waals surface area contributed by atoms with Gasteiger partial charge in [-0.3, -0.25) is 0 Å². The summed E-state index contributed by atoms with van der Waals surface area (Å²) < 4.78 is 6.68. The van der Waals surface area contributed by atoms with Gasteiger partial charge >= 0.3 is 0 Å². The van der Waals surface area contributed by atoms with Crippen LogP contribution in [-0.4, -0.2) is 4.98 Å². The number of aryl methyl sites for hydroxylation is 2. The Morgan fingerprint density at radius 2 is 2.07 bits per heavy atom. The zero-order valence-corrected chi connectivity index (χ0v) is 10.2. The lowest BCUT2D eigenvalue weighted by atomic mass is 10.1. The third kappa shape index (κ3) is 1.82. The Labute approximate surface area is 96.5 Å². The molecule has 0 radical (unpaired) electrons. The molecule has 0 fully saturated rings. The summed E-state index contributed by atoms with van der Waals surface area (Å²) in [7, 11) is 0. The van der Waals surface area contributed by atoms with E-state index in [-0.39, 0.29) is 0 Å². The Morgan fingerprint density at radius 3 is 2.64 bits per heavy atom. The second kappa shape index (κ2) is 3.73. The maximum absolute atomic E-state index is 5.45. The molecule has 0 saturated heterocycles. The summed E-state index contributed by atoms with van der Waals surface area (Å²) in [5, 5.41) is 0. The Hall–Kier alpha value is -0.840. The van der Waals surface area contributed by atoms with Gasteiger partial charge in [0.2, 0.25) is 5.89 Å². The van der Waals surface area contributed by atoms with Gasteiger partial charge in [0, 0.05) is 9.13 Å². The van der Waals surface area contributed by atoms with Crippen molar-refractivity contribution >= 4 is 22.6 Å². The van der Waals surface area contributed by atoms with Crippen LogP contribution in [0.2, 0.25) is 0 Å². The third-order valence-corrected chi connectivity index (χ3v) is 3.20. The molecule has 0 saturated carbocycles. The van der Waals surface area contributed by atoms with Crippen molar-refractivity contribution in [3.05, 3.63) is 39.3 Å². The third-order valence-electron chi connectivity index (χ3n) is 2.04. The molecule has 2 aromatic rings. The van der Waals surface area contributed by atoms with Gasteiger partial charge in [-0.05, 0) is 54.1 Å². The van der Waals surface area contributed by atoms with Crippen molar-refractivity contribution in [2.45, 2.75) is 13.8 Å². The molecule has 0 aliphatic carbocycles. The second-order valence-corrected chi connectivity index (χ2v) is 4.40. The van der Waals surface area contributed by atoms with E-state index >= 15 is 0 Å². The first-order valence-electron chi connectivity index (χ1n) is 4.36. The molecule has 14 heavy (non-hydrogen) atoms. The van der Waals surface area contributed by atoms with Crippen LogP contribution in [0.3, 0.4) is 0 Å². The molecule has 0 amide bonds. The summed E-state index contributed by atoms with van der Waals surface area (Å²) in [5.74, 6) is 1.54. The lowest BCUT2D eigenvalue weighted by molar-refractivity contribution is 0.542. The molecule has 0 atom stereocenters. The average molecular weight is 299 g/mol. The maximum Gasteiger partial charge on any atom is 0.226 e. The van der Waals surface area contributed by atoms with E-state index < -0.39 is 0 Å². The van der Waals surface area contributed by atoms with Crippen molar-refractivity contribution in [1.29, 1.82) is 0 Å². The van der Waals surface area contributed by atoms with Crippen molar-refractivity contribution in [3.63, 3.8) is 0 Å². The highest BCUT2D eigenvalue weighted by molar-refractivity contribution is 14.1. The fourth-order valence-corrected chi connectivity index (χ4v) is 1.73. The molecule has 2 rings (SSSR count). The maximum atomic E-state index is 5.45. The molecule has 0 N–H and O–H groups in total. The van der Waals surface area contributed by atoms with Crippen LogP contribution in [0.4, 0.5) is 0 Å². The van der Waals surface area contributed by atoms with E-state index in [0.717, 1.165) is 11.3 Å².